The summed E-state index contributed by atoms with van der Waals surface area (Å²) in [6, 6.07) is 53.8. The molecular formula is C47H45ClO6. The third-order valence-electron chi connectivity index (χ3n) is 9.61. The van der Waals surface area contributed by atoms with Crippen LogP contribution in [-0.2, 0) is 56.5 Å². The van der Waals surface area contributed by atoms with E-state index in [1.807, 2.05) is 97.1 Å². The Labute approximate surface area is 322 Å². The molecule has 0 unspecified atom stereocenters. The Morgan fingerprint density at radius 1 is 0.500 bits per heavy atom. The molecule has 1 saturated heterocycles. The van der Waals surface area contributed by atoms with E-state index in [4.69, 9.17) is 35.3 Å². The third kappa shape index (κ3) is 10.2. The van der Waals surface area contributed by atoms with Crippen LogP contribution >= 0.6 is 11.6 Å². The van der Waals surface area contributed by atoms with Crippen molar-refractivity contribution >= 4 is 11.6 Å². The number of hydrogen-bond donors (Lipinski definition) is 1. The van der Waals surface area contributed by atoms with E-state index in [1.54, 1.807) is 12.1 Å². The lowest BCUT2D eigenvalue weighted by atomic mass is 9.89. The Balaban J connectivity index is 1.26. The zero-order chi connectivity index (χ0) is 37.0. The van der Waals surface area contributed by atoms with E-state index < -0.39 is 30.5 Å². The molecule has 1 aliphatic rings. The van der Waals surface area contributed by atoms with E-state index in [0.717, 1.165) is 38.9 Å². The van der Waals surface area contributed by atoms with Crippen molar-refractivity contribution in [2.75, 3.05) is 6.61 Å². The first-order valence-corrected chi connectivity index (χ1v) is 18.8. The fourth-order valence-corrected chi connectivity index (χ4v) is 6.98. The molecule has 7 rings (SSSR count). The van der Waals surface area contributed by atoms with E-state index in [2.05, 4.69) is 54.6 Å². The van der Waals surface area contributed by atoms with Gasteiger partial charge >= 0.3 is 0 Å². The molecule has 5 atom stereocenters. The molecule has 0 bridgehead atoms. The number of phenols is 1. The lowest BCUT2D eigenvalue weighted by Gasteiger charge is -2.46. The molecule has 1 fully saturated rings. The first-order chi connectivity index (χ1) is 26.6. The maximum atomic E-state index is 9.88. The predicted molar refractivity (Wildman–Crippen MR) is 211 cm³/mol. The minimum atomic E-state index is -0.567. The van der Waals surface area contributed by atoms with Gasteiger partial charge < -0.3 is 28.8 Å². The molecule has 1 N–H and O–H groups in total. The predicted octanol–water partition coefficient (Wildman–Crippen LogP) is 10.0. The van der Waals surface area contributed by atoms with E-state index in [0.29, 0.717) is 37.9 Å². The van der Waals surface area contributed by atoms with Gasteiger partial charge in [0.2, 0.25) is 0 Å². The summed E-state index contributed by atoms with van der Waals surface area (Å²) in [5.41, 5.74) is 7.08. The Morgan fingerprint density at radius 2 is 0.981 bits per heavy atom. The fraction of sp³-hybridized carbons (Fsp3) is 0.234. The third-order valence-corrected chi connectivity index (χ3v) is 9.98. The molecular weight excluding hydrogens is 696 g/mol. The molecule has 0 amide bonds. The van der Waals surface area contributed by atoms with Crippen molar-refractivity contribution in [2.24, 2.45) is 0 Å². The van der Waals surface area contributed by atoms with Gasteiger partial charge in [0.15, 0.2) is 0 Å². The summed E-state index contributed by atoms with van der Waals surface area (Å²) < 4.78 is 34.2. The minimum Gasteiger partial charge on any atom is -0.508 e. The first-order valence-electron chi connectivity index (χ1n) is 18.4. The molecule has 0 saturated carbocycles. The molecule has 0 aliphatic carbocycles. The highest BCUT2D eigenvalue weighted by molar-refractivity contribution is 6.31. The molecule has 7 heteroatoms. The highest BCUT2D eigenvalue weighted by atomic mass is 35.5. The molecule has 0 radical (unpaired) electrons. The molecule has 0 aromatic heterocycles. The molecule has 276 valence electrons. The van der Waals surface area contributed by atoms with Crippen LogP contribution in [0.2, 0.25) is 5.02 Å². The van der Waals surface area contributed by atoms with Crippen LogP contribution in [0.5, 0.6) is 5.75 Å². The molecule has 6 aromatic rings. The summed E-state index contributed by atoms with van der Waals surface area (Å²) in [5.74, 6) is 0.221. The Hall–Kier alpha value is -4.79. The second-order valence-electron chi connectivity index (χ2n) is 13.6. The van der Waals surface area contributed by atoms with Crippen LogP contribution in [0.4, 0.5) is 0 Å². The summed E-state index contributed by atoms with van der Waals surface area (Å²) in [4.78, 5) is 0. The minimum absolute atomic E-state index is 0.221. The monoisotopic (exact) mass is 740 g/mol. The smallest absolute Gasteiger partial charge is 0.117 e. The van der Waals surface area contributed by atoms with Crippen molar-refractivity contribution in [3.05, 3.63) is 208 Å². The molecule has 6 nitrogen and oxygen atoms in total. The number of benzene rings is 6. The number of hydrogen-bond acceptors (Lipinski definition) is 6. The van der Waals surface area contributed by atoms with E-state index in [-0.39, 0.29) is 12.4 Å². The number of ether oxygens (including phenoxy) is 5. The van der Waals surface area contributed by atoms with Crippen LogP contribution in [-0.4, -0.2) is 36.1 Å². The van der Waals surface area contributed by atoms with Gasteiger partial charge in [-0.15, -0.1) is 0 Å². The van der Waals surface area contributed by atoms with Crippen LogP contribution < -0.4 is 0 Å². The van der Waals surface area contributed by atoms with Crippen molar-refractivity contribution in [1.29, 1.82) is 0 Å². The Morgan fingerprint density at radius 3 is 1.52 bits per heavy atom. The average molecular weight is 741 g/mol. The van der Waals surface area contributed by atoms with Gasteiger partial charge in [-0.3, -0.25) is 0 Å². The number of rotatable bonds is 16. The van der Waals surface area contributed by atoms with Gasteiger partial charge in [0.25, 0.3) is 0 Å². The standard InChI is InChI=1S/C47H45ClO6/c48-42-26-23-39(28-40(42)27-34-21-24-41(49)25-22-34)44-46(52-31-37-17-9-3-10-18-37)47(53-32-38-19-11-4-12-20-38)45(51-30-36-15-7-2-8-16-36)43(54-44)33-50-29-35-13-5-1-6-14-35/h1-26,28,43-47,49H,27,29-33H2/t43-,44+,45-,46+,47+/m1/s1. The molecule has 6 aromatic carbocycles. The fourth-order valence-electron chi connectivity index (χ4n) is 6.80. The Bertz CT molecular complexity index is 1990. The summed E-state index contributed by atoms with van der Waals surface area (Å²) in [6.45, 7) is 1.78. The topological polar surface area (TPSA) is 66.4 Å². The largest absolute Gasteiger partial charge is 0.508 e. The van der Waals surface area contributed by atoms with Crippen LogP contribution in [0, 0.1) is 0 Å². The highest BCUT2D eigenvalue weighted by Gasteiger charge is 2.49. The van der Waals surface area contributed by atoms with E-state index in [9.17, 15) is 5.11 Å². The van der Waals surface area contributed by atoms with Crippen molar-refractivity contribution in [1.82, 2.24) is 0 Å². The van der Waals surface area contributed by atoms with Gasteiger partial charge in [-0.05, 0) is 63.6 Å². The maximum Gasteiger partial charge on any atom is 0.117 e. The van der Waals surface area contributed by atoms with E-state index >= 15 is 0 Å². The van der Waals surface area contributed by atoms with Crippen molar-refractivity contribution < 1.29 is 28.8 Å². The van der Waals surface area contributed by atoms with Gasteiger partial charge in [-0.25, -0.2) is 0 Å². The van der Waals surface area contributed by atoms with Crippen molar-refractivity contribution in [3.8, 4) is 5.75 Å². The van der Waals surface area contributed by atoms with Gasteiger partial charge in [0.05, 0.1) is 33.0 Å². The van der Waals surface area contributed by atoms with Gasteiger partial charge in [0, 0.05) is 5.02 Å². The second-order valence-corrected chi connectivity index (χ2v) is 14.0. The average Bonchev–Trinajstić information content (AvgIpc) is 3.22. The van der Waals surface area contributed by atoms with Crippen LogP contribution in [0.25, 0.3) is 0 Å². The lowest BCUT2D eigenvalue weighted by Crippen LogP contribution is -2.58. The van der Waals surface area contributed by atoms with Gasteiger partial charge in [-0.1, -0.05) is 157 Å². The first kappa shape index (κ1) is 37.5. The van der Waals surface area contributed by atoms with Crippen LogP contribution in [0.1, 0.15) is 45.0 Å². The number of halogens is 1. The zero-order valence-electron chi connectivity index (χ0n) is 30.1. The quantitative estimate of drug-likeness (QED) is 0.107. The lowest BCUT2D eigenvalue weighted by molar-refractivity contribution is -0.275. The SMILES string of the molecule is Oc1ccc(Cc2cc([C@@H]3O[C@H](COCc4ccccc4)[C@@H](OCc4ccccc4)[C@H](OCc4ccccc4)[C@H]3OCc3ccccc3)ccc2Cl)cc1. The van der Waals surface area contributed by atoms with Crippen LogP contribution in [0.15, 0.2) is 164 Å². The van der Waals surface area contributed by atoms with Crippen molar-refractivity contribution in [2.45, 2.75) is 63.4 Å². The number of phenolic OH excluding ortho intramolecular Hbond substituents is 1. The van der Waals surface area contributed by atoms with E-state index in [1.165, 1.54) is 0 Å². The van der Waals surface area contributed by atoms with Gasteiger partial charge in [-0.2, -0.15) is 0 Å². The molecule has 1 aliphatic heterocycles. The highest BCUT2D eigenvalue weighted by Crippen LogP contribution is 2.40. The molecule has 0 spiro atoms. The summed E-state index contributed by atoms with van der Waals surface area (Å²) in [7, 11) is 0. The molecule has 54 heavy (non-hydrogen) atoms. The Kier molecular flexibility index (Phi) is 13.2. The van der Waals surface area contributed by atoms with Crippen molar-refractivity contribution in [3.63, 3.8) is 0 Å². The second kappa shape index (κ2) is 19.0. The van der Waals surface area contributed by atoms with Crippen LogP contribution in [0.3, 0.4) is 0 Å². The zero-order valence-corrected chi connectivity index (χ0v) is 30.8. The number of aromatic hydroxyl groups is 1. The maximum absolute atomic E-state index is 9.88. The van der Waals surface area contributed by atoms with Gasteiger partial charge in [0.1, 0.15) is 36.3 Å². The summed E-state index contributed by atoms with van der Waals surface area (Å²) in [5, 5.41) is 10.5. The normalized spacial score (nSPS) is 19.8. The summed E-state index contributed by atoms with van der Waals surface area (Å²) in [6.07, 6.45) is -2.12. The summed E-state index contributed by atoms with van der Waals surface area (Å²) >= 11 is 6.83. The molecule has 1 heterocycles.